The normalized spacial score (nSPS) is 12.7. The van der Waals surface area contributed by atoms with E-state index < -0.39 is 5.54 Å². The Kier molecular flexibility index (Phi) is 12.2. The number of aliphatic hydroxyl groups excluding tert-OH is 2. The predicted octanol–water partition coefficient (Wildman–Crippen LogP) is 3.44. The van der Waals surface area contributed by atoms with Crippen molar-refractivity contribution in [3.63, 3.8) is 0 Å². The van der Waals surface area contributed by atoms with Crippen LogP contribution in [-0.2, 0) is 4.79 Å². The van der Waals surface area contributed by atoms with Crippen molar-refractivity contribution in [1.29, 1.82) is 0 Å². The van der Waals surface area contributed by atoms with E-state index in [4.69, 9.17) is 5.73 Å². The van der Waals surface area contributed by atoms with Gasteiger partial charge >= 0.3 is 0 Å². The van der Waals surface area contributed by atoms with E-state index in [-0.39, 0.29) is 30.9 Å². The van der Waals surface area contributed by atoms with E-state index in [0.717, 1.165) is 18.5 Å². The van der Waals surface area contributed by atoms with Gasteiger partial charge in [-0.2, -0.15) is 0 Å². The minimum Gasteiger partial charge on any atom is -0.399 e. The number of nitrogens with zero attached hydrogens (tertiary/aromatic N) is 2. The molecule has 0 heterocycles. The van der Waals surface area contributed by atoms with Crippen molar-refractivity contribution in [2.45, 2.75) is 52.5 Å². The van der Waals surface area contributed by atoms with Gasteiger partial charge in [0, 0.05) is 23.5 Å². The molecule has 0 saturated heterocycles. The quantitative estimate of drug-likeness (QED) is 0.197. The SMILES string of the molecule is CCCC(C[N+](CCO)(CCO)CC(C)(C)NC(=O)c1ccccc1)C(=O)N(CCC)c1ccc(N)cc1. The highest BCUT2D eigenvalue weighted by Gasteiger charge is 2.40. The molecule has 2 rings (SSSR count). The van der Waals surface area contributed by atoms with Gasteiger partial charge in [-0.15, -0.1) is 0 Å². The monoisotopic (exact) mass is 527 g/mol. The number of nitrogen functional groups attached to an aromatic ring is 1. The number of quaternary nitrogens is 1. The molecule has 0 fully saturated rings. The van der Waals surface area contributed by atoms with Crippen molar-refractivity contribution in [3.8, 4) is 0 Å². The van der Waals surface area contributed by atoms with Gasteiger partial charge in [0.25, 0.3) is 5.91 Å². The molecule has 1 unspecified atom stereocenters. The number of benzene rings is 2. The summed E-state index contributed by atoms with van der Waals surface area (Å²) in [5, 5.41) is 23.3. The molecular weight excluding hydrogens is 480 g/mol. The molecule has 0 aromatic heterocycles. The van der Waals surface area contributed by atoms with Gasteiger partial charge in [0.1, 0.15) is 19.6 Å². The lowest BCUT2D eigenvalue weighted by Gasteiger charge is -2.45. The molecule has 2 amide bonds. The van der Waals surface area contributed by atoms with Crippen molar-refractivity contribution in [1.82, 2.24) is 5.32 Å². The number of carbonyl (C=O) groups excluding carboxylic acids is 2. The Balaban J connectivity index is 2.36. The van der Waals surface area contributed by atoms with Gasteiger partial charge in [0.15, 0.2) is 0 Å². The summed E-state index contributed by atoms with van der Waals surface area (Å²) in [5.74, 6) is -0.467. The van der Waals surface area contributed by atoms with Crippen LogP contribution in [0.1, 0.15) is 57.3 Å². The zero-order valence-electron chi connectivity index (χ0n) is 23.5. The van der Waals surface area contributed by atoms with Gasteiger partial charge in [-0.25, -0.2) is 0 Å². The average molecular weight is 528 g/mol. The Bertz CT molecular complexity index is 989. The molecular formula is C30H47N4O4+. The number of amides is 2. The maximum atomic E-state index is 14.0. The molecule has 1 atom stereocenters. The summed E-state index contributed by atoms with van der Waals surface area (Å²) < 4.78 is 0.313. The van der Waals surface area contributed by atoms with Gasteiger partial charge < -0.3 is 30.6 Å². The molecule has 8 nitrogen and oxygen atoms in total. The summed E-state index contributed by atoms with van der Waals surface area (Å²) in [6.07, 6.45) is 2.31. The Morgan fingerprint density at radius 1 is 0.974 bits per heavy atom. The number of carbonyl (C=O) groups is 2. The summed E-state index contributed by atoms with van der Waals surface area (Å²) in [6, 6.07) is 16.4. The van der Waals surface area contributed by atoms with Crippen LogP contribution >= 0.6 is 0 Å². The lowest BCUT2D eigenvalue weighted by molar-refractivity contribution is -0.933. The third-order valence-corrected chi connectivity index (χ3v) is 6.88. The van der Waals surface area contributed by atoms with Gasteiger partial charge in [-0.3, -0.25) is 9.59 Å². The number of hydrogen-bond acceptors (Lipinski definition) is 5. The first kappa shape index (κ1) is 31.3. The Hall–Kier alpha value is -2.94. The first-order chi connectivity index (χ1) is 18.1. The maximum Gasteiger partial charge on any atom is 0.251 e. The highest BCUT2D eigenvalue weighted by atomic mass is 16.3. The topological polar surface area (TPSA) is 116 Å². The average Bonchev–Trinajstić information content (AvgIpc) is 2.87. The second-order valence-electron chi connectivity index (χ2n) is 10.8. The number of nitrogens with one attached hydrogen (secondary N) is 1. The largest absolute Gasteiger partial charge is 0.399 e. The molecule has 5 N–H and O–H groups in total. The van der Waals surface area contributed by atoms with Crippen LogP contribution in [0.15, 0.2) is 54.6 Å². The van der Waals surface area contributed by atoms with Crippen molar-refractivity contribution in [2.75, 3.05) is 56.6 Å². The van der Waals surface area contributed by atoms with Crippen molar-refractivity contribution in [2.24, 2.45) is 5.92 Å². The fourth-order valence-corrected chi connectivity index (χ4v) is 5.36. The minimum atomic E-state index is -0.656. The lowest BCUT2D eigenvalue weighted by atomic mass is 9.95. The standard InChI is InChI=1S/C30H46N4O4/c1-5-10-25(29(38)33(17-6-2)27-15-13-26(31)14-16-27)22-34(18-20-35,19-21-36)23-30(3,4)32-28(37)24-11-8-7-9-12-24/h7-9,11-16,25,35-36H,5-6,10,17-23,31H2,1-4H3/p+1. The van der Waals surface area contributed by atoms with Crippen LogP contribution in [0.4, 0.5) is 11.4 Å². The van der Waals surface area contributed by atoms with Gasteiger partial charge in [0.05, 0.1) is 31.2 Å². The molecule has 0 aliphatic carbocycles. The molecule has 2 aromatic carbocycles. The second kappa shape index (κ2) is 14.9. The van der Waals surface area contributed by atoms with Crippen molar-refractivity contribution in [3.05, 3.63) is 60.2 Å². The molecule has 0 aliphatic rings. The van der Waals surface area contributed by atoms with Crippen LogP contribution < -0.4 is 16.0 Å². The van der Waals surface area contributed by atoms with Crippen LogP contribution in [0.2, 0.25) is 0 Å². The Labute approximate surface area is 228 Å². The summed E-state index contributed by atoms with van der Waals surface area (Å²) in [7, 11) is 0. The molecule has 0 bridgehead atoms. The van der Waals surface area contributed by atoms with Gasteiger partial charge in [-0.1, -0.05) is 38.5 Å². The highest BCUT2D eigenvalue weighted by molar-refractivity contribution is 5.95. The van der Waals surface area contributed by atoms with E-state index in [1.807, 2.05) is 56.0 Å². The molecule has 0 saturated carbocycles. The fourth-order valence-electron chi connectivity index (χ4n) is 5.36. The summed E-state index contributed by atoms with van der Waals surface area (Å²) >= 11 is 0. The molecule has 2 aromatic rings. The Morgan fingerprint density at radius 3 is 2.11 bits per heavy atom. The van der Waals surface area contributed by atoms with Gasteiger partial charge in [0.2, 0.25) is 5.91 Å². The molecule has 0 spiro atoms. The van der Waals surface area contributed by atoms with E-state index >= 15 is 0 Å². The summed E-state index contributed by atoms with van der Waals surface area (Å²) in [5.41, 5.74) is 7.25. The summed E-state index contributed by atoms with van der Waals surface area (Å²) in [4.78, 5) is 28.8. The van der Waals surface area contributed by atoms with E-state index in [2.05, 4.69) is 12.2 Å². The molecule has 210 valence electrons. The van der Waals surface area contributed by atoms with Crippen LogP contribution in [0.5, 0.6) is 0 Å². The number of rotatable bonds is 16. The molecule has 8 heteroatoms. The van der Waals surface area contributed by atoms with Gasteiger partial charge in [-0.05, 0) is 63.1 Å². The van der Waals surface area contributed by atoms with E-state index in [1.165, 1.54) is 0 Å². The number of nitrogens with two attached hydrogens (primary N) is 1. The van der Waals surface area contributed by atoms with Crippen LogP contribution in [0.25, 0.3) is 0 Å². The maximum absolute atomic E-state index is 14.0. The second-order valence-corrected chi connectivity index (χ2v) is 10.8. The number of aliphatic hydroxyl groups is 2. The van der Waals surface area contributed by atoms with E-state index in [1.54, 1.807) is 24.3 Å². The summed E-state index contributed by atoms with van der Waals surface area (Å²) in [6.45, 7) is 10.0. The lowest BCUT2D eigenvalue weighted by Crippen LogP contribution is -2.64. The number of anilines is 2. The molecule has 38 heavy (non-hydrogen) atoms. The van der Waals surface area contributed by atoms with Crippen LogP contribution in [0, 0.1) is 5.92 Å². The van der Waals surface area contributed by atoms with Crippen molar-refractivity contribution >= 4 is 23.2 Å². The minimum absolute atomic E-state index is 0.0305. The molecule has 0 aliphatic heterocycles. The third-order valence-electron chi connectivity index (χ3n) is 6.88. The molecule has 0 radical (unpaired) electrons. The van der Waals surface area contributed by atoms with E-state index in [0.29, 0.717) is 54.9 Å². The fraction of sp³-hybridized carbons (Fsp3) is 0.533. The number of hydrogen-bond donors (Lipinski definition) is 4. The highest BCUT2D eigenvalue weighted by Crippen LogP contribution is 2.25. The van der Waals surface area contributed by atoms with E-state index in [9.17, 15) is 19.8 Å². The first-order valence-corrected chi connectivity index (χ1v) is 13.7. The zero-order valence-corrected chi connectivity index (χ0v) is 23.5. The smallest absolute Gasteiger partial charge is 0.251 e. The predicted molar refractivity (Wildman–Crippen MR) is 154 cm³/mol. The van der Waals surface area contributed by atoms with Crippen LogP contribution in [0.3, 0.4) is 0 Å². The Morgan fingerprint density at radius 2 is 1.58 bits per heavy atom. The first-order valence-electron chi connectivity index (χ1n) is 13.7. The van der Waals surface area contributed by atoms with Crippen LogP contribution in [-0.4, -0.2) is 78.0 Å². The van der Waals surface area contributed by atoms with Crippen molar-refractivity contribution < 1.29 is 24.3 Å². The zero-order chi connectivity index (χ0) is 28.2. The third kappa shape index (κ3) is 9.11.